The summed E-state index contributed by atoms with van der Waals surface area (Å²) in [6.07, 6.45) is 2.93. The van der Waals surface area contributed by atoms with Crippen LogP contribution in [0.3, 0.4) is 0 Å². The number of anilines is 1. The number of hydrazine groups is 1. The maximum atomic E-state index is 11.6. The number of rotatable bonds is 2. The third-order valence-corrected chi connectivity index (χ3v) is 3.26. The number of nitrogen functional groups attached to an aromatic ring is 1. The van der Waals surface area contributed by atoms with Crippen molar-refractivity contribution >= 4 is 5.95 Å². The van der Waals surface area contributed by atoms with Gasteiger partial charge in [0.05, 0.1) is 0 Å². The zero-order valence-electron chi connectivity index (χ0n) is 11.9. The van der Waals surface area contributed by atoms with E-state index < -0.39 is 5.69 Å². The first kappa shape index (κ1) is 13.9. The maximum Gasteiger partial charge on any atom is 0.357 e. The molecule has 0 fully saturated rings. The zero-order chi connectivity index (χ0) is 15.5. The van der Waals surface area contributed by atoms with Crippen LogP contribution in [0.2, 0.25) is 0 Å². The quantitative estimate of drug-likeness (QED) is 0.427. The first-order valence-corrected chi connectivity index (χ1v) is 6.64. The third-order valence-electron chi connectivity index (χ3n) is 3.26. The molecule has 0 atom stereocenters. The standard InChI is InChI=1S/C9H10N6O.C6H4/c1-6-3-2-4-11-7(6)15-5-12-8(14-10)13-9(15)16;1-2-6-4-3-5(1)6/h2-5H,10H2,1H3,(H,13,14,16);1-4H. The molecule has 22 heavy (non-hydrogen) atoms. The molecule has 0 spiro atoms. The molecule has 2 aliphatic carbocycles. The number of fused-ring (bicyclic) bond motifs is 1. The summed E-state index contributed by atoms with van der Waals surface area (Å²) in [5, 5.41) is 0. The van der Waals surface area contributed by atoms with Gasteiger partial charge < -0.3 is 0 Å². The molecule has 0 radical (unpaired) electrons. The second-order valence-corrected chi connectivity index (χ2v) is 4.70. The Kier molecular flexibility index (Phi) is 3.63. The molecule has 4 rings (SSSR count). The number of nitrogens with two attached hydrogens (primary N) is 1. The Morgan fingerprint density at radius 1 is 1.09 bits per heavy atom. The minimum Gasteiger partial charge on any atom is -0.292 e. The highest BCUT2D eigenvalue weighted by Gasteiger charge is 2.06. The van der Waals surface area contributed by atoms with Crippen LogP contribution in [0.25, 0.3) is 16.9 Å². The highest BCUT2D eigenvalue weighted by molar-refractivity contribution is 5.75. The number of aryl methyl sites for hydroxylation is 1. The zero-order valence-corrected chi connectivity index (χ0v) is 11.9. The summed E-state index contributed by atoms with van der Waals surface area (Å²) in [6.45, 7) is 1.85. The fourth-order valence-electron chi connectivity index (χ4n) is 1.94. The molecule has 0 aliphatic heterocycles. The molecule has 3 N–H and O–H groups in total. The molecule has 0 saturated heterocycles. The fraction of sp³-hybridized carbons (Fsp3) is 0.0667. The van der Waals surface area contributed by atoms with E-state index in [9.17, 15) is 4.79 Å². The van der Waals surface area contributed by atoms with Gasteiger partial charge in [0.1, 0.15) is 12.1 Å². The molecule has 2 aromatic heterocycles. The van der Waals surface area contributed by atoms with Crippen LogP contribution >= 0.6 is 0 Å². The van der Waals surface area contributed by atoms with Gasteiger partial charge in [-0.3, -0.25) is 5.43 Å². The molecule has 2 heterocycles. The molecule has 7 nitrogen and oxygen atoms in total. The van der Waals surface area contributed by atoms with E-state index >= 15 is 0 Å². The lowest BCUT2D eigenvalue weighted by Gasteiger charge is -2.10. The van der Waals surface area contributed by atoms with Crippen LogP contribution < -0.4 is 17.0 Å². The van der Waals surface area contributed by atoms with Crippen LogP contribution in [-0.4, -0.2) is 19.5 Å². The predicted octanol–water partition coefficient (Wildman–Crippen LogP) is 1.28. The van der Waals surface area contributed by atoms with Crippen LogP contribution in [0.5, 0.6) is 0 Å². The molecular weight excluding hydrogens is 280 g/mol. The molecule has 110 valence electrons. The van der Waals surface area contributed by atoms with E-state index in [1.54, 1.807) is 12.3 Å². The van der Waals surface area contributed by atoms with E-state index in [1.807, 2.05) is 13.0 Å². The van der Waals surface area contributed by atoms with Gasteiger partial charge in [0.15, 0.2) is 0 Å². The van der Waals surface area contributed by atoms with E-state index in [-0.39, 0.29) is 5.95 Å². The van der Waals surface area contributed by atoms with Crippen molar-refractivity contribution in [2.45, 2.75) is 6.92 Å². The Balaban J connectivity index is 0.000000196. The van der Waals surface area contributed by atoms with Gasteiger partial charge in [-0.05, 0) is 29.7 Å². The average Bonchev–Trinajstić information content (AvgIpc) is 2.52. The van der Waals surface area contributed by atoms with Crippen molar-refractivity contribution in [1.82, 2.24) is 19.5 Å². The molecule has 0 unspecified atom stereocenters. The number of benzene rings is 1. The SMILES string of the molecule is Cc1cccnc1-n1cnc(NN)nc1=O.c1cc2ccc1-2. The summed E-state index contributed by atoms with van der Waals surface area (Å²) in [4.78, 5) is 23.2. The van der Waals surface area contributed by atoms with Crippen LogP contribution in [0, 0.1) is 6.92 Å². The second kappa shape index (κ2) is 5.74. The number of hydrogen-bond acceptors (Lipinski definition) is 6. The molecule has 0 saturated carbocycles. The van der Waals surface area contributed by atoms with Crippen molar-refractivity contribution in [3.63, 3.8) is 0 Å². The smallest absolute Gasteiger partial charge is 0.292 e. The molecule has 2 aromatic rings. The van der Waals surface area contributed by atoms with Crippen LogP contribution in [0.15, 0.2) is 53.7 Å². The summed E-state index contributed by atoms with van der Waals surface area (Å²) in [6, 6.07) is 12.1. The Labute approximate surface area is 126 Å². The lowest BCUT2D eigenvalue weighted by molar-refractivity contribution is 0.829. The number of pyridine rings is 1. The Morgan fingerprint density at radius 2 is 1.77 bits per heavy atom. The van der Waals surface area contributed by atoms with Crippen LogP contribution in [-0.2, 0) is 0 Å². The monoisotopic (exact) mass is 294 g/mol. The van der Waals surface area contributed by atoms with E-state index in [4.69, 9.17) is 5.84 Å². The highest BCUT2D eigenvalue weighted by atomic mass is 16.1. The van der Waals surface area contributed by atoms with E-state index in [0.717, 1.165) is 5.56 Å². The lowest BCUT2D eigenvalue weighted by atomic mass is 9.95. The van der Waals surface area contributed by atoms with Gasteiger partial charge in [0.2, 0.25) is 5.95 Å². The summed E-state index contributed by atoms with van der Waals surface area (Å²) < 4.78 is 1.26. The van der Waals surface area contributed by atoms with Crippen LogP contribution in [0.4, 0.5) is 5.95 Å². The molecule has 7 heteroatoms. The first-order valence-electron chi connectivity index (χ1n) is 6.64. The molecule has 0 amide bonds. The van der Waals surface area contributed by atoms with E-state index in [0.29, 0.717) is 5.82 Å². The fourth-order valence-corrected chi connectivity index (χ4v) is 1.94. The average molecular weight is 294 g/mol. The van der Waals surface area contributed by atoms with Crippen molar-refractivity contribution in [3.8, 4) is 16.9 Å². The van der Waals surface area contributed by atoms with Gasteiger partial charge >= 0.3 is 5.69 Å². The topological polar surface area (TPSA) is 98.7 Å². The Bertz CT molecular complexity index is 835. The summed E-state index contributed by atoms with van der Waals surface area (Å²) in [5.74, 6) is 5.69. The summed E-state index contributed by atoms with van der Waals surface area (Å²) in [7, 11) is 0. The van der Waals surface area contributed by atoms with E-state index in [2.05, 4.69) is 44.6 Å². The van der Waals surface area contributed by atoms with Crippen molar-refractivity contribution < 1.29 is 0 Å². The molecule has 0 aromatic carbocycles. The summed E-state index contributed by atoms with van der Waals surface area (Å²) >= 11 is 0. The minimum absolute atomic E-state index is 0.0786. The van der Waals surface area contributed by atoms with E-state index in [1.165, 1.54) is 22.0 Å². The molecular formula is C15H14N6O. The minimum atomic E-state index is -0.482. The predicted molar refractivity (Wildman–Crippen MR) is 83.4 cm³/mol. The van der Waals surface area contributed by atoms with Crippen molar-refractivity contribution in [2.24, 2.45) is 5.84 Å². The number of aromatic nitrogens is 4. The van der Waals surface area contributed by atoms with Crippen molar-refractivity contribution in [1.29, 1.82) is 0 Å². The lowest BCUT2D eigenvalue weighted by Crippen LogP contribution is -2.26. The van der Waals surface area contributed by atoms with Crippen molar-refractivity contribution in [3.05, 3.63) is 65.0 Å². The maximum absolute atomic E-state index is 11.6. The molecule has 0 bridgehead atoms. The van der Waals surface area contributed by atoms with Gasteiger partial charge in [0.25, 0.3) is 0 Å². The highest BCUT2D eigenvalue weighted by Crippen LogP contribution is 2.29. The van der Waals surface area contributed by atoms with Gasteiger partial charge in [-0.25, -0.2) is 25.2 Å². The van der Waals surface area contributed by atoms with Gasteiger partial charge in [-0.2, -0.15) is 4.98 Å². The van der Waals surface area contributed by atoms with Gasteiger partial charge in [-0.1, -0.05) is 30.3 Å². The van der Waals surface area contributed by atoms with Crippen LogP contribution in [0.1, 0.15) is 5.56 Å². The number of nitrogens with zero attached hydrogens (tertiary/aromatic N) is 4. The van der Waals surface area contributed by atoms with Gasteiger partial charge in [0, 0.05) is 6.20 Å². The number of nitrogens with one attached hydrogen (secondary N) is 1. The van der Waals surface area contributed by atoms with Gasteiger partial charge in [-0.15, -0.1) is 0 Å². The number of hydrogen-bond donors (Lipinski definition) is 2. The summed E-state index contributed by atoms with van der Waals surface area (Å²) in [5.41, 5.74) is 5.44. The van der Waals surface area contributed by atoms with Crippen molar-refractivity contribution in [2.75, 3.05) is 5.43 Å². The normalized spacial score (nSPS) is 10.5. The Morgan fingerprint density at radius 3 is 2.23 bits per heavy atom. The second-order valence-electron chi connectivity index (χ2n) is 4.70. The Hall–Kier alpha value is -3.06. The molecule has 2 aliphatic rings. The largest absolute Gasteiger partial charge is 0.357 e. The first-order chi connectivity index (χ1) is 10.7. The third kappa shape index (κ3) is 2.57.